The molecule has 0 unspecified atom stereocenters. The summed E-state index contributed by atoms with van der Waals surface area (Å²) in [7, 11) is 4.34. The summed E-state index contributed by atoms with van der Waals surface area (Å²) in [5.41, 5.74) is 3.84. The van der Waals surface area contributed by atoms with Crippen LogP contribution in [0.1, 0.15) is 34.0 Å². The number of nitrogens with one attached hydrogen (secondary N) is 1. The van der Waals surface area contributed by atoms with Gasteiger partial charge in [-0.3, -0.25) is 4.79 Å². The second kappa shape index (κ2) is 9.32. The first-order valence-corrected chi connectivity index (χ1v) is 9.12. The molecule has 0 aromatic heterocycles. The van der Waals surface area contributed by atoms with Gasteiger partial charge < -0.3 is 24.3 Å². The molecule has 7 heteroatoms. The van der Waals surface area contributed by atoms with Gasteiger partial charge in [0.05, 0.1) is 21.3 Å². The summed E-state index contributed by atoms with van der Waals surface area (Å²) in [5, 5.41) is 2.84. The molecular formula is C22H27NO6. The van der Waals surface area contributed by atoms with Crippen LogP contribution in [0.2, 0.25) is 0 Å². The van der Waals surface area contributed by atoms with E-state index in [1.54, 1.807) is 6.07 Å². The fourth-order valence-corrected chi connectivity index (χ4v) is 3.14. The Balaban J connectivity index is 2.20. The van der Waals surface area contributed by atoms with E-state index < -0.39 is 18.0 Å². The average Bonchev–Trinajstić information content (AvgIpc) is 2.68. The Hall–Kier alpha value is -3.22. The molecule has 2 aromatic carbocycles. The number of methoxy groups -OCH3 is 3. The predicted octanol–water partition coefficient (Wildman–Crippen LogP) is 3.82. The fourth-order valence-electron chi connectivity index (χ4n) is 3.14. The number of rotatable bonds is 7. The van der Waals surface area contributed by atoms with Crippen molar-refractivity contribution in [1.82, 2.24) is 0 Å². The molecule has 0 saturated carbocycles. The van der Waals surface area contributed by atoms with Crippen LogP contribution < -0.4 is 19.5 Å². The number of aryl methyl sites for hydroxylation is 3. The van der Waals surface area contributed by atoms with Crippen LogP contribution in [-0.4, -0.2) is 39.3 Å². The molecular weight excluding hydrogens is 374 g/mol. The van der Waals surface area contributed by atoms with E-state index in [9.17, 15) is 9.59 Å². The highest BCUT2D eigenvalue weighted by atomic mass is 16.6. The van der Waals surface area contributed by atoms with Crippen molar-refractivity contribution in [2.75, 3.05) is 26.6 Å². The Morgan fingerprint density at radius 1 is 0.897 bits per heavy atom. The molecule has 0 spiro atoms. The van der Waals surface area contributed by atoms with Gasteiger partial charge in [-0.25, -0.2) is 4.79 Å². The third-order valence-corrected chi connectivity index (χ3v) is 4.50. The lowest BCUT2D eigenvalue weighted by Crippen LogP contribution is -2.30. The molecule has 0 aliphatic heterocycles. The number of anilines is 1. The number of carbonyl (C=O) groups is 2. The zero-order valence-electron chi connectivity index (χ0n) is 17.8. The molecule has 0 heterocycles. The zero-order chi connectivity index (χ0) is 21.7. The second-order valence-electron chi connectivity index (χ2n) is 6.69. The minimum Gasteiger partial charge on any atom is -0.493 e. The Morgan fingerprint density at radius 2 is 1.48 bits per heavy atom. The first kappa shape index (κ1) is 22.1. The first-order valence-electron chi connectivity index (χ1n) is 9.12. The van der Waals surface area contributed by atoms with Crippen LogP contribution in [0.15, 0.2) is 24.3 Å². The van der Waals surface area contributed by atoms with Crippen molar-refractivity contribution in [3.05, 3.63) is 46.5 Å². The molecule has 1 N–H and O–H groups in total. The van der Waals surface area contributed by atoms with E-state index >= 15 is 0 Å². The van der Waals surface area contributed by atoms with E-state index in [1.807, 2.05) is 32.9 Å². The summed E-state index contributed by atoms with van der Waals surface area (Å²) >= 11 is 0. The molecule has 7 nitrogen and oxygen atoms in total. The van der Waals surface area contributed by atoms with Gasteiger partial charge in [-0.2, -0.15) is 0 Å². The number of ether oxygens (including phenoxy) is 4. The van der Waals surface area contributed by atoms with Gasteiger partial charge in [0.15, 0.2) is 17.6 Å². The van der Waals surface area contributed by atoms with Crippen molar-refractivity contribution in [3.8, 4) is 17.2 Å². The molecule has 0 radical (unpaired) electrons. The number of hydrogen-bond acceptors (Lipinski definition) is 6. The van der Waals surface area contributed by atoms with Crippen molar-refractivity contribution in [1.29, 1.82) is 0 Å². The van der Waals surface area contributed by atoms with Crippen LogP contribution in [0, 0.1) is 20.8 Å². The van der Waals surface area contributed by atoms with Crippen LogP contribution in [0.3, 0.4) is 0 Å². The summed E-state index contributed by atoms with van der Waals surface area (Å²) in [4.78, 5) is 25.2. The molecule has 2 aromatic rings. The quantitative estimate of drug-likeness (QED) is 0.710. The minimum absolute atomic E-state index is 0.132. The Morgan fingerprint density at radius 3 is 2.00 bits per heavy atom. The summed E-state index contributed by atoms with van der Waals surface area (Å²) in [6, 6.07) is 7.03. The highest BCUT2D eigenvalue weighted by Crippen LogP contribution is 2.40. The predicted molar refractivity (Wildman–Crippen MR) is 110 cm³/mol. The van der Waals surface area contributed by atoms with Gasteiger partial charge in [-0.05, 0) is 51.0 Å². The van der Waals surface area contributed by atoms with E-state index in [0.29, 0.717) is 11.4 Å². The molecule has 0 aliphatic rings. The molecule has 2 rings (SSSR count). The van der Waals surface area contributed by atoms with Crippen LogP contribution >= 0.6 is 0 Å². The lowest BCUT2D eigenvalue weighted by atomic mass is 10.0. The van der Waals surface area contributed by atoms with Crippen LogP contribution in [0.25, 0.3) is 0 Å². The third kappa shape index (κ3) is 4.80. The molecule has 0 bridgehead atoms. The first-order chi connectivity index (χ1) is 13.7. The van der Waals surface area contributed by atoms with Gasteiger partial charge in [-0.1, -0.05) is 17.7 Å². The normalized spacial score (nSPS) is 11.4. The molecule has 1 atom stereocenters. The maximum Gasteiger partial charge on any atom is 0.342 e. The third-order valence-electron chi connectivity index (χ3n) is 4.50. The summed E-state index contributed by atoms with van der Waals surface area (Å²) in [6.45, 7) is 7.34. The maximum atomic E-state index is 12.7. The highest BCUT2D eigenvalue weighted by molar-refractivity contribution is 5.99. The molecule has 156 valence electrons. The number of esters is 1. The van der Waals surface area contributed by atoms with E-state index in [4.69, 9.17) is 18.9 Å². The van der Waals surface area contributed by atoms with Gasteiger partial charge in [0.25, 0.3) is 5.91 Å². The number of carbonyl (C=O) groups excluding carboxylic acids is 2. The lowest BCUT2D eigenvalue weighted by molar-refractivity contribution is -0.123. The minimum atomic E-state index is -1.01. The van der Waals surface area contributed by atoms with Crippen LogP contribution in [0.4, 0.5) is 5.69 Å². The zero-order valence-corrected chi connectivity index (χ0v) is 17.8. The van der Waals surface area contributed by atoms with E-state index in [2.05, 4.69) is 5.32 Å². The van der Waals surface area contributed by atoms with E-state index in [1.165, 1.54) is 34.3 Å². The van der Waals surface area contributed by atoms with Crippen molar-refractivity contribution in [2.45, 2.75) is 33.8 Å². The Labute approximate surface area is 170 Å². The molecule has 0 fully saturated rings. The van der Waals surface area contributed by atoms with Gasteiger partial charge >= 0.3 is 5.97 Å². The summed E-state index contributed by atoms with van der Waals surface area (Å²) in [5.74, 6) is -0.269. The summed E-state index contributed by atoms with van der Waals surface area (Å²) in [6.07, 6.45) is -1.01. The lowest BCUT2D eigenvalue weighted by Gasteiger charge is -2.18. The maximum absolute atomic E-state index is 12.7. The van der Waals surface area contributed by atoms with Crippen LogP contribution in [0.5, 0.6) is 17.2 Å². The average molecular weight is 401 g/mol. The molecule has 29 heavy (non-hydrogen) atoms. The number of benzene rings is 2. The largest absolute Gasteiger partial charge is 0.493 e. The highest BCUT2D eigenvalue weighted by Gasteiger charge is 2.25. The van der Waals surface area contributed by atoms with Gasteiger partial charge in [0, 0.05) is 5.69 Å². The van der Waals surface area contributed by atoms with Gasteiger partial charge in [-0.15, -0.1) is 0 Å². The van der Waals surface area contributed by atoms with Gasteiger partial charge in [0.1, 0.15) is 5.56 Å². The Kier molecular flexibility index (Phi) is 7.09. The van der Waals surface area contributed by atoms with Gasteiger partial charge in [0.2, 0.25) is 5.75 Å². The van der Waals surface area contributed by atoms with E-state index in [-0.39, 0.29) is 17.1 Å². The second-order valence-corrected chi connectivity index (χ2v) is 6.69. The monoisotopic (exact) mass is 401 g/mol. The molecule has 1 amide bonds. The van der Waals surface area contributed by atoms with Crippen molar-refractivity contribution >= 4 is 17.6 Å². The van der Waals surface area contributed by atoms with Crippen molar-refractivity contribution < 1.29 is 28.5 Å². The number of amides is 1. The molecule has 0 aliphatic carbocycles. The topological polar surface area (TPSA) is 83.1 Å². The van der Waals surface area contributed by atoms with Crippen LogP contribution in [-0.2, 0) is 9.53 Å². The smallest absolute Gasteiger partial charge is 0.342 e. The SMILES string of the molecule is COc1ccc(C(=O)O[C@H](C)C(=O)Nc2c(C)cc(C)cc2C)c(OC)c1OC. The molecule has 0 saturated heterocycles. The fraction of sp³-hybridized carbons (Fsp3) is 0.364. The van der Waals surface area contributed by atoms with Crippen molar-refractivity contribution in [3.63, 3.8) is 0 Å². The standard InChI is InChI=1S/C22H27NO6/c1-12-10-13(2)18(14(3)11-12)23-21(24)15(4)29-22(25)16-8-9-17(26-5)20(28-7)19(16)27-6/h8-11,15H,1-7H3,(H,23,24)/t15-/m1/s1. The summed E-state index contributed by atoms with van der Waals surface area (Å²) < 4.78 is 21.2. The van der Waals surface area contributed by atoms with E-state index in [0.717, 1.165) is 16.7 Å². The Bertz CT molecular complexity index is 899. The van der Waals surface area contributed by atoms with Crippen molar-refractivity contribution in [2.24, 2.45) is 0 Å². The number of hydrogen-bond donors (Lipinski definition) is 1.